The Kier molecular flexibility index (Phi) is 2.03. The average molecular weight is 201 g/mol. The molecular formula is C10H10F3N. The van der Waals surface area contributed by atoms with Crippen molar-refractivity contribution in [2.24, 2.45) is 5.73 Å². The van der Waals surface area contributed by atoms with Crippen LogP contribution in [-0.2, 0) is 5.41 Å². The summed E-state index contributed by atoms with van der Waals surface area (Å²) in [6.45, 7) is 0.345. The first-order valence-electron chi connectivity index (χ1n) is 4.44. The van der Waals surface area contributed by atoms with Crippen molar-refractivity contribution < 1.29 is 13.2 Å². The highest BCUT2D eigenvalue weighted by Crippen LogP contribution is 2.47. The van der Waals surface area contributed by atoms with Crippen molar-refractivity contribution >= 4 is 0 Å². The zero-order valence-corrected chi connectivity index (χ0v) is 7.49. The summed E-state index contributed by atoms with van der Waals surface area (Å²) >= 11 is 0. The number of nitrogens with two attached hydrogens (primary N) is 1. The van der Waals surface area contributed by atoms with Crippen molar-refractivity contribution in [1.82, 2.24) is 0 Å². The molecule has 0 saturated heterocycles. The van der Waals surface area contributed by atoms with Gasteiger partial charge in [0.1, 0.15) is 0 Å². The van der Waals surface area contributed by atoms with Crippen LogP contribution in [0.2, 0.25) is 0 Å². The number of benzene rings is 1. The second kappa shape index (κ2) is 2.98. The molecule has 0 bridgehead atoms. The highest BCUT2D eigenvalue weighted by atomic mass is 19.2. The molecule has 0 spiro atoms. The average Bonchev–Trinajstić information content (AvgIpc) is 2.94. The van der Waals surface area contributed by atoms with E-state index in [2.05, 4.69) is 0 Å². The zero-order valence-electron chi connectivity index (χ0n) is 7.49. The van der Waals surface area contributed by atoms with Gasteiger partial charge in [0, 0.05) is 12.0 Å². The minimum Gasteiger partial charge on any atom is -0.330 e. The summed E-state index contributed by atoms with van der Waals surface area (Å²) in [6, 6.07) is 2.08. The van der Waals surface area contributed by atoms with Crippen molar-refractivity contribution in [3.63, 3.8) is 0 Å². The summed E-state index contributed by atoms with van der Waals surface area (Å²) in [7, 11) is 0. The van der Waals surface area contributed by atoms with Crippen molar-refractivity contribution in [2.75, 3.05) is 6.54 Å². The van der Waals surface area contributed by atoms with Crippen molar-refractivity contribution in [2.45, 2.75) is 18.3 Å². The summed E-state index contributed by atoms with van der Waals surface area (Å²) in [5, 5.41) is 0. The quantitative estimate of drug-likeness (QED) is 0.728. The van der Waals surface area contributed by atoms with E-state index < -0.39 is 17.5 Å². The van der Waals surface area contributed by atoms with E-state index in [4.69, 9.17) is 5.73 Å². The maximum Gasteiger partial charge on any atom is 0.194 e. The van der Waals surface area contributed by atoms with Crippen LogP contribution in [0.3, 0.4) is 0 Å². The molecule has 0 unspecified atom stereocenters. The van der Waals surface area contributed by atoms with Crippen LogP contribution in [0.4, 0.5) is 13.2 Å². The molecule has 0 aliphatic heterocycles. The van der Waals surface area contributed by atoms with Gasteiger partial charge < -0.3 is 5.73 Å². The van der Waals surface area contributed by atoms with Gasteiger partial charge in [0.15, 0.2) is 17.5 Å². The van der Waals surface area contributed by atoms with E-state index in [1.165, 1.54) is 0 Å². The Balaban J connectivity index is 2.46. The van der Waals surface area contributed by atoms with Crippen LogP contribution in [0.5, 0.6) is 0 Å². The minimum absolute atomic E-state index is 0.310. The van der Waals surface area contributed by atoms with Crippen LogP contribution in [0, 0.1) is 17.5 Å². The molecule has 2 N–H and O–H groups in total. The standard InChI is InChI=1S/C10H10F3N/c11-7-3-6(4-8(12)9(7)13)10(5-14)1-2-10/h3-4H,1-2,5,14H2. The lowest BCUT2D eigenvalue weighted by atomic mass is 9.96. The number of halogens is 3. The summed E-state index contributed by atoms with van der Waals surface area (Å²) < 4.78 is 38.4. The van der Waals surface area contributed by atoms with E-state index in [1.54, 1.807) is 0 Å². The SMILES string of the molecule is NCC1(c2cc(F)c(F)c(F)c2)CC1. The molecule has 1 aromatic rings. The van der Waals surface area contributed by atoms with Gasteiger partial charge in [0.2, 0.25) is 0 Å². The highest BCUT2D eigenvalue weighted by molar-refractivity contribution is 5.33. The van der Waals surface area contributed by atoms with Gasteiger partial charge in [-0.05, 0) is 30.5 Å². The summed E-state index contributed by atoms with van der Waals surface area (Å²) in [6.07, 6.45) is 1.63. The molecule has 0 amide bonds. The largest absolute Gasteiger partial charge is 0.330 e. The Hall–Kier alpha value is -1.03. The van der Waals surface area contributed by atoms with Gasteiger partial charge >= 0.3 is 0 Å². The lowest BCUT2D eigenvalue weighted by molar-refractivity contribution is 0.442. The van der Waals surface area contributed by atoms with E-state index in [9.17, 15) is 13.2 Å². The first-order chi connectivity index (χ1) is 6.59. The zero-order chi connectivity index (χ0) is 10.3. The second-order valence-corrected chi connectivity index (χ2v) is 3.74. The maximum atomic E-state index is 12.9. The van der Waals surface area contributed by atoms with Gasteiger partial charge in [-0.3, -0.25) is 0 Å². The molecule has 1 fully saturated rings. The van der Waals surface area contributed by atoms with E-state index in [0.717, 1.165) is 25.0 Å². The minimum atomic E-state index is -1.42. The van der Waals surface area contributed by atoms with Gasteiger partial charge in [-0.25, -0.2) is 13.2 Å². The molecule has 2 rings (SSSR count). The smallest absolute Gasteiger partial charge is 0.194 e. The van der Waals surface area contributed by atoms with Crippen LogP contribution in [0.15, 0.2) is 12.1 Å². The predicted molar refractivity (Wildman–Crippen MR) is 46.3 cm³/mol. The monoisotopic (exact) mass is 201 g/mol. The van der Waals surface area contributed by atoms with E-state index >= 15 is 0 Å². The third kappa shape index (κ3) is 1.30. The van der Waals surface area contributed by atoms with Crippen molar-refractivity contribution in [3.8, 4) is 0 Å². The Bertz CT molecular complexity index is 349. The number of hydrogen-bond donors (Lipinski definition) is 1. The molecule has 1 aliphatic rings. The van der Waals surface area contributed by atoms with Crippen LogP contribution in [-0.4, -0.2) is 6.54 Å². The van der Waals surface area contributed by atoms with Gasteiger partial charge in [0.25, 0.3) is 0 Å². The molecule has 1 saturated carbocycles. The number of rotatable bonds is 2. The number of hydrogen-bond acceptors (Lipinski definition) is 1. The third-order valence-electron chi connectivity index (χ3n) is 2.84. The predicted octanol–water partition coefficient (Wildman–Crippen LogP) is 2.09. The normalized spacial score (nSPS) is 18.3. The summed E-state index contributed by atoms with van der Waals surface area (Å²) in [5.41, 5.74) is 5.66. The Morgan fingerprint density at radius 2 is 1.64 bits per heavy atom. The summed E-state index contributed by atoms with van der Waals surface area (Å²) in [4.78, 5) is 0. The molecule has 0 radical (unpaired) electrons. The fraction of sp³-hybridized carbons (Fsp3) is 0.400. The Labute approximate surface area is 79.7 Å². The molecule has 1 nitrogen and oxygen atoms in total. The summed E-state index contributed by atoms with van der Waals surface area (Å²) in [5.74, 6) is -3.69. The first-order valence-corrected chi connectivity index (χ1v) is 4.44. The Morgan fingerprint density at radius 1 is 1.14 bits per heavy atom. The third-order valence-corrected chi connectivity index (χ3v) is 2.84. The fourth-order valence-electron chi connectivity index (χ4n) is 1.62. The fourth-order valence-corrected chi connectivity index (χ4v) is 1.62. The second-order valence-electron chi connectivity index (χ2n) is 3.74. The van der Waals surface area contributed by atoms with Crippen LogP contribution >= 0.6 is 0 Å². The lowest BCUT2D eigenvalue weighted by Crippen LogP contribution is -2.20. The van der Waals surface area contributed by atoms with Crippen LogP contribution in [0.1, 0.15) is 18.4 Å². The molecule has 4 heteroatoms. The van der Waals surface area contributed by atoms with Crippen LogP contribution < -0.4 is 5.73 Å². The topological polar surface area (TPSA) is 26.0 Å². The van der Waals surface area contributed by atoms with Gasteiger partial charge in [0.05, 0.1) is 0 Å². The molecule has 0 heterocycles. The van der Waals surface area contributed by atoms with E-state index in [0.29, 0.717) is 12.1 Å². The first kappa shape index (κ1) is 9.52. The molecule has 1 aromatic carbocycles. The van der Waals surface area contributed by atoms with Gasteiger partial charge in [-0.2, -0.15) is 0 Å². The Morgan fingerprint density at radius 3 is 2.00 bits per heavy atom. The molecule has 0 aromatic heterocycles. The molecular weight excluding hydrogens is 191 g/mol. The van der Waals surface area contributed by atoms with Crippen molar-refractivity contribution in [1.29, 1.82) is 0 Å². The van der Waals surface area contributed by atoms with Crippen molar-refractivity contribution in [3.05, 3.63) is 35.1 Å². The molecule has 1 aliphatic carbocycles. The van der Waals surface area contributed by atoms with Crippen LogP contribution in [0.25, 0.3) is 0 Å². The maximum absolute atomic E-state index is 12.9. The molecule has 76 valence electrons. The molecule has 14 heavy (non-hydrogen) atoms. The molecule has 0 atom stereocenters. The highest BCUT2D eigenvalue weighted by Gasteiger charge is 2.43. The lowest BCUT2D eigenvalue weighted by Gasteiger charge is -2.12. The van der Waals surface area contributed by atoms with E-state index in [1.807, 2.05) is 0 Å². The van der Waals surface area contributed by atoms with E-state index in [-0.39, 0.29) is 5.41 Å². The van der Waals surface area contributed by atoms with Gasteiger partial charge in [-0.15, -0.1) is 0 Å². The van der Waals surface area contributed by atoms with Gasteiger partial charge in [-0.1, -0.05) is 0 Å².